The number of nitro groups is 1. The van der Waals surface area contributed by atoms with Gasteiger partial charge in [-0.05, 0) is 19.4 Å². The Morgan fingerprint density at radius 3 is 2.61 bits per heavy atom. The average Bonchev–Trinajstić information content (AvgIpc) is 2.35. The van der Waals surface area contributed by atoms with Crippen molar-refractivity contribution in [3.05, 3.63) is 34.4 Å². The molecule has 18 heavy (non-hydrogen) atoms. The van der Waals surface area contributed by atoms with Gasteiger partial charge < -0.3 is 10.0 Å². The molecule has 0 aliphatic carbocycles. The molecule has 0 saturated carbocycles. The van der Waals surface area contributed by atoms with E-state index in [0.29, 0.717) is 18.7 Å². The molecule has 6 heteroatoms. The summed E-state index contributed by atoms with van der Waals surface area (Å²) in [5.41, 5.74) is 0.521. The van der Waals surface area contributed by atoms with Crippen LogP contribution in [0.15, 0.2) is 24.3 Å². The first-order valence-electron chi connectivity index (χ1n) is 5.75. The summed E-state index contributed by atoms with van der Waals surface area (Å²) < 4.78 is 0. The molecule has 1 unspecified atom stereocenters. The summed E-state index contributed by atoms with van der Waals surface area (Å²) in [7, 11) is 0. The Bertz CT molecular complexity index is 447. The van der Waals surface area contributed by atoms with Crippen LogP contribution in [0.5, 0.6) is 0 Å². The molecular weight excluding hydrogens is 236 g/mol. The molecule has 0 fully saturated rings. The fraction of sp³-hybridized carbons (Fsp3) is 0.417. The average molecular weight is 252 g/mol. The van der Waals surface area contributed by atoms with Gasteiger partial charge in [0.1, 0.15) is 6.04 Å². The maximum Gasteiger partial charge on any atom is 0.326 e. The van der Waals surface area contributed by atoms with Gasteiger partial charge in [0.15, 0.2) is 0 Å². The van der Waals surface area contributed by atoms with E-state index in [2.05, 4.69) is 0 Å². The normalized spacial score (nSPS) is 11.9. The van der Waals surface area contributed by atoms with Gasteiger partial charge in [0, 0.05) is 24.4 Å². The number of carboxylic acids is 1. The number of nitrogens with zero attached hydrogens (tertiary/aromatic N) is 2. The third-order valence-electron chi connectivity index (χ3n) is 2.76. The number of hydrogen-bond donors (Lipinski definition) is 1. The molecule has 0 radical (unpaired) electrons. The molecule has 1 aromatic carbocycles. The standard InChI is InChI=1S/C12H16N2O4/c1-3-11(12(15)16)13(4-2)9-6-5-7-10(8-9)14(17)18/h5-8,11H,3-4H2,1-2H3,(H,15,16). The van der Waals surface area contributed by atoms with E-state index in [-0.39, 0.29) is 5.69 Å². The second kappa shape index (κ2) is 6.00. The molecule has 1 N–H and O–H groups in total. The highest BCUT2D eigenvalue weighted by Gasteiger charge is 2.23. The lowest BCUT2D eigenvalue weighted by atomic mass is 10.1. The molecule has 98 valence electrons. The lowest BCUT2D eigenvalue weighted by Crippen LogP contribution is -2.40. The number of rotatable bonds is 6. The van der Waals surface area contributed by atoms with E-state index in [4.69, 9.17) is 5.11 Å². The molecule has 1 rings (SSSR count). The fourth-order valence-electron chi connectivity index (χ4n) is 1.90. The first-order valence-corrected chi connectivity index (χ1v) is 5.75. The number of non-ortho nitro benzene ring substituents is 1. The van der Waals surface area contributed by atoms with Crippen molar-refractivity contribution in [2.45, 2.75) is 26.3 Å². The number of anilines is 1. The first kappa shape index (κ1) is 14.0. The van der Waals surface area contributed by atoms with Gasteiger partial charge in [-0.1, -0.05) is 13.0 Å². The topological polar surface area (TPSA) is 83.7 Å². The minimum atomic E-state index is -0.925. The van der Waals surface area contributed by atoms with E-state index >= 15 is 0 Å². The SMILES string of the molecule is CCC(C(=O)O)N(CC)c1cccc([N+](=O)[O-])c1. The van der Waals surface area contributed by atoms with Crippen molar-refractivity contribution in [1.82, 2.24) is 0 Å². The zero-order chi connectivity index (χ0) is 13.7. The highest BCUT2D eigenvalue weighted by atomic mass is 16.6. The van der Waals surface area contributed by atoms with Crippen molar-refractivity contribution in [2.24, 2.45) is 0 Å². The van der Waals surface area contributed by atoms with E-state index in [1.165, 1.54) is 12.1 Å². The molecule has 6 nitrogen and oxygen atoms in total. The Morgan fingerprint density at radius 1 is 1.50 bits per heavy atom. The number of hydrogen-bond acceptors (Lipinski definition) is 4. The number of carboxylic acid groups (broad SMARTS) is 1. The van der Waals surface area contributed by atoms with Gasteiger partial charge in [0.2, 0.25) is 0 Å². The molecule has 0 bridgehead atoms. The molecule has 0 amide bonds. The van der Waals surface area contributed by atoms with Crippen molar-refractivity contribution in [3.8, 4) is 0 Å². The van der Waals surface area contributed by atoms with Gasteiger partial charge in [0.05, 0.1) is 4.92 Å². The van der Waals surface area contributed by atoms with Crippen LogP contribution >= 0.6 is 0 Å². The molecular formula is C12H16N2O4. The molecule has 1 aromatic rings. The van der Waals surface area contributed by atoms with Gasteiger partial charge in [-0.15, -0.1) is 0 Å². The highest BCUT2D eigenvalue weighted by Crippen LogP contribution is 2.23. The smallest absolute Gasteiger partial charge is 0.326 e. The van der Waals surface area contributed by atoms with Gasteiger partial charge in [-0.3, -0.25) is 10.1 Å². The number of likely N-dealkylation sites (N-methyl/N-ethyl adjacent to an activating group) is 1. The van der Waals surface area contributed by atoms with Gasteiger partial charge >= 0.3 is 5.97 Å². The fourth-order valence-corrected chi connectivity index (χ4v) is 1.90. The quantitative estimate of drug-likeness (QED) is 0.620. The monoisotopic (exact) mass is 252 g/mol. The number of nitro benzene ring substituents is 1. The number of benzene rings is 1. The zero-order valence-electron chi connectivity index (χ0n) is 10.4. The summed E-state index contributed by atoms with van der Waals surface area (Å²) >= 11 is 0. The first-order chi connectivity index (χ1) is 8.51. The minimum absolute atomic E-state index is 0.0359. The van der Waals surface area contributed by atoms with Crippen molar-refractivity contribution in [1.29, 1.82) is 0 Å². The second-order valence-electron chi connectivity index (χ2n) is 3.83. The number of carbonyl (C=O) groups is 1. The summed E-state index contributed by atoms with van der Waals surface area (Å²) in [5.74, 6) is -0.925. The van der Waals surface area contributed by atoms with E-state index in [1.54, 1.807) is 24.0 Å². The summed E-state index contributed by atoms with van der Waals surface area (Å²) in [6.07, 6.45) is 0.436. The van der Waals surface area contributed by atoms with E-state index in [0.717, 1.165) is 0 Å². The summed E-state index contributed by atoms with van der Waals surface area (Å²) in [6, 6.07) is 5.36. The predicted molar refractivity (Wildman–Crippen MR) is 67.8 cm³/mol. The van der Waals surface area contributed by atoms with Crippen molar-refractivity contribution < 1.29 is 14.8 Å². The van der Waals surface area contributed by atoms with Crippen molar-refractivity contribution in [3.63, 3.8) is 0 Å². The third kappa shape index (κ3) is 2.97. The van der Waals surface area contributed by atoms with Gasteiger partial charge in [0.25, 0.3) is 5.69 Å². The Hall–Kier alpha value is -2.11. The molecule has 0 saturated heterocycles. The van der Waals surface area contributed by atoms with Crippen LogP contribution in [0.1, 0.15) is 20.3 Å². The highest BCUT2D eigenvalue weighted by molar-refractivity contribution is 5.78. The molecule has 1 atom stereocenters. The van der Waals surface area contributed by atoms with Crippen LogP contribution in [0.2, 0.25) is 0 Å². The van der Waals surface area contributed by atoms with Crippen LogP contribution in [0.4, 0.5) is 11.4 Å². The van der Waals surface area contributed by atoms with Gasteiger partial charge in [-0.2, -0.15) is 0 Å². The Morgan fingerprint density at radius 2 is 2.17 bits per heavy atom. The van der Waals surface area contributed by atoms with Crippen LogP contribution < -0.4 is 4.90 Å². The van der Waals surface area contributed by atoms with Crippen LogP contribution in [0, 0.1) is 10.1 Å². The Labute approximate surface area is 105 Å². The lowest BCUT2D eigenvalue weighted by molar-refractivity contribution is -0.384. The van der Waals surface area contributed by atoms with Crippen LogP contribution in [-0.4, -0.2) is 28.6 Å². The summed E-state index contributed by atoms with van der Waals surface area (Å²) in [5, 5.41) is 19.8. The molecule has 0 heterocycles. The van der Waals surface area contributed by atoms with Crippen LogP contribution in [0.25, 0.3) is 0 Å². The maximum atomic E-state index is 11.1. The van der Waals surface area contributed by atoms with Crippen LogP contribution in [0.3, 0.4) is 0 Å². The molecule has 0 spiro atoms. The van der Waals surface area contributed by atoms with Gasteiger partial charge in [-0.25, -0.2) is 4.79 Å². The van der Waals surface area contributed by atoms with E-state index in [1.807, 2.05) is 6.92 Å². The van der Waals surface area contributed by atoms with Crippen LogP contribution in [-0.2, 0) is 4.79 Å². The maximum absolute atomic E-state index is 11.1. The van der Waals surface area contributed by atoms with Crippen molar-refractivity contribution >= 4 is 17.3 Å². The molecule has 0 aromatic heterocycles. The van der Waals surface area contributed by atoms with E-state index < -0.39 is 16.9 Å². The van der Waals surface area contributed by atoms with Crippen molar-refractivity contribution in [2.75, 3.05) is 11.4 Å². The Kier molecular flexibility index (Phi) is 4.65. The zero-order valence-corrected chi connectivity index (χ0v) is 10.4. The third-order valence-corrected chi connectivity index (χ3v) is 2.76. The Balaban J connectivity index is 3.11. The number of aliphatic carboxylic acids is 1. The molecule has 0 aliphatic heterocycles. The van der Waals surface area contributed by atoms with E-state index in [9.17, 15) is 14.9 Å². The largest absolute Gasteiger partial charge is 0.480 e. The minimum Gasteiger partial charge on any atom is -0.480 e. The lowest BCUT2D eigenvalue weighted by Gasteiger charge is -2.28. The summed E-state index contributed by atoms with van der Waals surface area (Å²) in [4.78, 5) is 23.0. The summed E-state index contributed by atoms with van der Waals surface area (Å²) in [6.45, 7) is 4.08. The second-order valence-corrected chi connectivity index (χ2v) is 3.83. The predicted octanol–water partition coefficient (Wildman–Crippen LogP) is 2.28. The molecule has 0 aliphatic rings.